The van der Waals surface area contributed by atoms with E-state index in [0.717, 1.165) is 31.4 Å². The van der Waals surface area contributed by atoms with E-state index in [9.17, 15) is 4.39 Å². The minimum absolute atomic E-state index is 0.276. The van der Waals surface area contributed by atoms with Crippen molar-refractivity contribution >= 4 is 11.6 Å². The predicted octanol–water partition coefficient (Wildman–Crippen LogP) is 3.80. The van der Waals surface area contributed by atoms with Crippen molar-refractivity contribution < 1.29 is 4.39 Å². The minimum atomic E-state index is -0.320. The van der Waals surface area contributed by atoms with Crippen LogP contribution in [0.3, 0.4) is 0 Å². The third kappa shape index (κ3) is 4.11. The molecule has 0 fully saturated rings. The monoisotopic (exact) mass is 243 g/mol. The first kappa shape index (κ1) is 13.5. The lowest BCUT2D eigenvalue weighted by atomic mass is 10.1. The summed E-state index contributed by atoms with van der Waals surface area (Å²) < 4.78 is 13.1. The molecule has 1 N–H and O–H groups in total. The van der Waals surface area contributed by atoms with Crippen molar-refractivity contribution in [1.29, 1.82) is 0 Å². The van der Waals surface area contributed by atoms with Gasteiger partial charge in [0.25, 0.3) is 0 Å². The number of benzene rings is 1. The second-order valence-corrected chi connectivity index (χ2v) is 4.44. The number of nitrogens with one attached hydrogen (secondary N) is 1. The maximum Gasteiger partial charge on any atom is 0.142 e. The van der Waals surface area contributed by atoms with Gasteiger partial charge in [-0.15, -0.1) is 0 Å². The second kappa shape index (κ2) is 6.87. The molecule has 0 bridgehead atoms. The fraction of sp³-hybridized carbons (Fsp3) is 0.538. The molecular weight excluding hydrogens is 225 g/mol. The summed E-state index contributed by atoms with van der Waals surface area (Å²) in [7, 11) is 0. The Kier molecular flexibility index (Phi) is 5.78. The van der Waals surface area contributed by atoms with Crippen LogP contribution in [0, 0.1) is 5.82 Å². The largest absolute Gasteiger partial charge is 0.315 e. The van der Waals surface area contributed by atoms with Gasteiger partial charge in [-0.3, -0.25) is 0 Å². The number of hydrogen-bond acceptors (Lipinski definition) is 1. The van der Waals surface area contributed by atoms with Crippen LogP contribution in [-0.2, 0) is 6.42 Å². The Morgan fingerprint density at radius 2 is 2.19 bits per heavy atom. The van der Waals surface area contributed by atoms with Gasteiger partial charge < -0.3 is 5.32 Å². The first-order valence-corrected chi connectivity index (χ1v) is 6.19. The average Bonchev–Trinajstić information content (AvgIpc) is 2.25. The van der Waals surface area contributed by atoms with E-state index >= 15 is 0 Å². The van der Waals surface area contributed by atoms with Crippen LogP contribution in [0.15, 0.2) is 18.2 Å². The SMILES string of the molecule is CCNC(C)CCCc1cccc(F)c1Cl. The molecule has 1 unspecified atom stereocenters. The molecule has 0 spiro atoms. The number of halogens is 2. The standard InChI is InChI=1S/C13H19ClFN/c1-3-16-10(2)6-4-7-11-8-5-9-12(15)13(11)14/h5,8-10,16H,3-4,6-7H2,1-2H3. The summed E-state index contributed by atoms with van der Waals surface area (Å²) in [5.74, 6) is -0.320. The summed E-state index contributed by atoms with van der Waals surface area (Å²) >= 11 is 5.88. The summed E-state index contributed by atoms with van der Waals surface area (Å²) in [5.41, 5.74) is 0.908. The summed E-state index contributed by atoms with van der Waals surface area (Å²) in [5, 5.41) is 3.63. The van der Waals surface area contributed by atoms with Crippen molar-refractivity contribution in [3.8, 4) is 0 Å². The third-order valence-corrected chi connectivity index (χ3v) is 3.09. The van der Waals surface area contributed by atoms with Crippen LogP contribution in [0.4, 0.5) is 4.39 Å². The summed E-state index contributed by atoms with van der Waals surface area (Å²) in [6, 6.07) is 5.51. The number of rotatable bonds is 6. The Morgan fingerprint density at radius 3 is 2.88 bits per heavy atom. The van der Waals surface area contributed by atoms with Gasteiger partial charge >= 0.3 is 0 Å². The Balaban J connectivity index is 2.40. The van der Waals surface area contributed by atoms with Gasteiger partial charge in [0.2, 0.25) is 0 Å². The van der Waals surface area contributed by atoms with E-state index in [4.69, 9.17) is 11.6 Å². The van der Waals surface area contributed by atoms with Crippen molar-refractivity contribution in [2.45, 2.75) is 39.2 Å². The van der Waals surface area contributed by atoms with Crippen LogP contribution in [0.5, 0.6) is 0 Å². The van der Waals surface area contributed by atoms with E-state index in [0.29, 0.717) is 6.04 Å². The zero-order valence-electron chi connectivity index (χ0n) is 9.89. The lowest BCUT2D eigenvalue weighted by Crippen LogP contribution is -2.25. The lowest BCUT2D eigenvalue weighted by Gasteiger charge is -2.12. The molecule has 0 radical (unpaired) electrons. The molecule has 1 rings (SSSR count). The summed E-state index contributed by atoms with van der Waals surface area (Å²) in [6.45, 7) is 5.25. The Bertz CT molecular complexity index is 328. The molecule has 16 heavy (non-hydrogen) atoms. The first-order valence-electron chi connectivity index (χ1n) is 5.81. The van der Waals surface area contributed by atoms with E-state index in [1.165, 1.54) is 6.07 Å². The average molecular weight is 244 g/mol. The van der Waals surface area contributed by atoms with Crippen LogP contribution in [0.1, 0.15) is 32.3 Å². The first-order chi connectivity index (χ1) is 7.65. The highest BCUT2D eigenvalue weighted by Gasteiger charge is 2.06. The highest BCUT2D eigenvalue weighted by atomic mass is 35.5. The van der Waals surface area contributed by atoms with Gasteiger partial charge in [0, 0.05) is 6.04 Å². The van der Waals surface area contributed by atoms with Crippen LogP contribution in [0.25, 0.3) is 0 Å². The maximum absolute atomic E-state index is 13.1. The van der Waals surface area contributed by atoms with E-state index in [2.05, 4.69) is 19.2 Å². The lowest BCUT2D eigenvalue weighted by molar-refractivity contribution is 0.512. The van der Waals surface area contributed by atoms with Crippen molar-refractivity contribution in [1.82, 2.24) is 5.32 Å². The summed E-state index contributed by atoms with van der Waals surface area (Å²) in [6.07, 6.45) is 2.95. The van der Waals surface area contributed by atoms with Gasteiger partial charge in [-0.2, -0.15) is 0 Å². The predicted molar refractivity (Wildman–Crippen MR) is 67.5 cm³/mol. The highest BCUT2D eigenvalue weighted by Crippen LogP contribution is 2.21. The minimum Gasteiger partial charge on any atom is -0.315 e. The Labute approximate surface area is 102 Å². The van der Waals surface area contributed by atoms with Crippen LogP contribution in [-0.4, -0.2) is 12.6 Å². The molecule has 0 aliphatic heterocycles. The molecule has 0 saturated carbocycles. The van der Waals surface area contributed by atoms with Crippen molar-refractivity contribution in [2.75, 3.05) is 6.54 Å². The highest BCUT2D eigenvalue weighted by molar-refractivity contribution is 6.31. The number of hydrogen-bond donors (Lipinski definition) is 1. The molecule has 1 aromatic carbocycles. The Hall–Kier alpha value is -0.600. The third-order valence-electron chi connectivity index (χ3n) is 2.67. The molecule has 0 aliphatic carbocycles. The Morgan fingerprint density at radius 1 is 1.44 bits per heavy atom. The quantitative estimate of drug-likeness (QED) is 0.802. The zero-order chi connectivity index (χ0) is 12.0. The molecule has 0 heterocycles. The molecule has 1 aromatic rings. The van der Waals surface area contributed by atoms with Crippen LogP contribution < -0.4 is 5.32 Å². The molecule has 90 valence electrons. The number of aryl methyl sites for hydroxylation is 1. The molecule has 3 heteroatoms. The second-order valence-electron chi connectivity index (χ2n) is 4.06. The van der Waals surface area contributed by atoms with Gasteiger partial charge in [0.15, 0.2) is 0 Å². The maximum atomic E-state index is 13.1. The zero-order valence-corrected chi connectivity index (χ0v) is 10.6. The summed E-state index contributed by atoms with van der Waals surface area (Å²) in [4.78, 5) is 0. The van der Waals surface area contributed by atoms with E-state index in [-0.39, 0.29) is 10.8 Å². The molecule has 0 amide bonds. The van der Waals surface area contributed by atoms with Gasteiger partial charge in [0.05, 0.1) is 5.02 Å². The van der Waals surface area contributed by atoms with Gasteiger partial charge in [-0.05, 0) is 44.4 Å². The fourth-order valence-corrected chi connectivity index (χ4v) is 2.01. The fourth-order valence-electron chi connectivity index (χ4n) is 1.79. The van der Waals surface area contributed by atoms with Crippen molar-refractivity contribution in [3.63, 3.8) is 0 Å². The van der Waals surface area contributed by atoms with Crippen molar-refractivity contribution in [2.24, 2.45) is 0 Å². The van der Waals surface area contributed by atoms with Gasteiger partial charge in [-0.1, -0.05) is 30.7 Å². The van der Waals surface area contributed by atoms with Crippen LogP contribution >= 0.6 is 11.6 Å². The normalized spacial score (nSPS) is 12.8. The van der Waals surface area contributed by atoms with E-state index in [1.807, 2.05) is 6.07 Å². The van der Waals surface area contributed by atoms with Gasteiger partial charge in [-0.25, -0.2) is 4.39 Å². The molecular formula is C13H19ClFN. The molecule has 0 saturated heterocycles. The molecule has 0 aliphatic rings. The smallest absolute Gasteiger partial charge is 0.142 e. The van der Waals surface area contributed by atoms with Crippen molar-refractivity contribution in [3.05, 3.63) is 34.6 Å². The van der Waals surface area contributed by atoms with Gasteiger partial charge in [0.1, 0.15) is 5.82 Å². The van der Waals surface area contributed by atoms with E-state index in [1.54, 1.807) is 6.07 Å². The molecule has 0 aromatic heterocycles. The topological polar surface area (TPSA) is 12.0 Å². The van der Waals surface area contributed by atoms with E-state index < -0.39 is 0 Å². The van der Waals surface area contributed by atoms with Crippen LogP contribution in [0.2, 0.25) is 5.02 Å². The molecule has 1 nitrogen and oxygen atoms in total. The molecule has 1 atom stereocenters.